The molecule has 1 amide bonds. The number of alkyl halides is 1. The van der Waals surface area contributed by atoms with Crippen LogP contribution in [0.15, 0.2) is 63.8 Å². The molecule has 37 heavy (non-hydrogen) atoms. The SMILES string of the molecule is C/C=C(\C=C/CF)N1CCc2cc(Oc3c(Cl)cc(-n4nc(C#N)c(=O)[nH]c4=O)cc3Cl)ccc2C1=O. The van der Waals surface area contributed by atoms with Crippen molar-refractivity contribution in [3.05, 3.63) is 102 Å². The fourth-order valence-corrected chi connectivity index (χ4v) is 4.37. The van der Waals surface area contributed by atoms with Gasteiger partial charge in [-0.05, 0) is 55.3 Å². The summed E-state index contributed by atoms with van der Waals surface area (Å²) in [6.07, 6.45) is 5.21. The first-order valence-electron chi connectivity index (χ1n) is 10.9. The number of allylic oxidation sites excluding steroid dienone is 3. The summed E-state index contributed by atoms with van der Waals surface area (Å²) in [5, 5.41) is 12.8. The normalized spacial score (nSPS) is 13.5. The van der Waals surface area contributed by atoms with E-state index < -0.39 is 23.6 Å². The maximum atomic E-state index is 13.0. The molecule has 2 aromatic carbocycles. The first-order chi connectivity index (χ1) is 17.8. The van der Waals surface area contributed by atoms with Gasteiger partial charge in [0, 0.05) is 17.8 Å². The average Bonchev–Trinajstić information content (AvgIpc) is 2.87. The summed E-state index contributed by atoms with van der Waals surface area (Å²) in [4.78, 5) is 40.4. The molecule has 1 N–H and O–H groups in total. The molecular formula is C25H18Cl2FN5O4. The summed E-state index contributed by atoms with van der Waals surface area (Å²) in [5.74, 6) is 0.271. The van der Waals surface area contributed by atoms with Gasteiger partial charge in [0.05, 0.1) is 15.7 Å². The number of hydrogen-bond donors (Lipinski definition) is 1. The Kier molecular flexibility index (Phi) is 7.57. The molecule has 3 aromatic rings. The summed E-state index contributed by atoms with van der Waals surface area (Å²) in [7, 11) is 0. The highest BCUT2D eigenvalue weighted by Gasteiger charge is 2.26. The Hall–Kier alpha value is -4.20. The van der Waals surface area contributed by atoms with E-state index in [1.807, 2.05) is 4.98 Å². The zero-order valence-electron chi connectivity index (χ0n) is 19.3. The quantitative estimate of drug-likeness (QED) is 0.464. The summed E-state index contributed by atoms with van der Waals surface area (Å²) in [6, 6.07) is 9.24. The Labute approximate surface area is 219 Å². The number of fused-ring (bicyclic) bond motifs is 1. The molecule has 9 nitrogen and oxygen atoms in total. The van der Waals surface area contributed by atoms with Crippen LogP contribution in [0.4, 0.5) is 4.39 Å². The maximum Gasteiger partial charge on any atom is 0.349 e. The Morgan fingerprint density at radius 2 is 1.97 bits per heavy atom. The van der Waals surface area contributed by atoms with Gasteiger partial charge in [-0.3, -0.25) is 14.6 Å². The molecule has 0 saturated heterocycles. The van der Waals surface area contributed by atoms with E-state index >= 15 is 0 Å². The summed E-state index contributed by atoms with van der Waals surface area (Å²) >= 11 is 12.8. The number of H-pyrrole nitrogens is 1. The van der Waals surface area contributed by atoms with Gasteiger partial charge in [-0.25, -0.2) is 9.18 Å². The van der Waals surface area contributed by atoms with Crippen LogP contribution in [0.25, 0.3) is 5.69 Å². The Morgan fingerprint density at radius 3 is 2.62 bits per heavy atom. The Balaban J connectivity index is 1.62. The minimum Gasteiger partial charge on any atom is -0.454 e. The van der Waals surface area contributed by atoms with Crippen molar-refractivity contribution in [3.8, 4) is 23.3 Å². The third-order valence-electron chi connectivity index (χ3n) is 5.52. The number of rotatable bonds is 6. The second-order valence-electron chi connectivity index (χ2n) is 7.77. The van der Waals surface area contributed by atoms with Gasteiger partial charge >= 0.3 is 5.69 Å². The minimum atomic E-state index is -0.909. The Bertz CT molecular complexity index is 1600. The van der Waals surface area contributed by atoms with Crippen LogP contribution < -0.4 is 16.0 Å². The zero-order valence-corrected chi connectivity index (χ0v) is 20.8. The molecule has 0 saturated carbocycles. The number of nitriles is 1. The molecule has 1 aromatic heterocycles. The predicted molar refractivity (Wildman–Crippen MR) is 135 cm³/mol. The molecule has 0 fully saturated rings. The van der Waals surface area contributed by atoms with Crippen LogP contribution >= 0.6 is 23.2 Å². The molecule has 0 bridgehead atoms. The van der Waals surface area contributed by atoms with Crippen molar-refractivity contribution in [2.75, 3.05) is 13.2 Å². The first-order valence-corrected chi connectivity index (χ1v) is 11.7. The maximum absolute atomic E-state index is 13.0. The molecule has 0 spiro atoms. The monoisotopic (exact) mass is 541 g/mol. The van der Waals surface area contributed by atoms with Crippen LogP contribution in [-0.4, -0.2) is 38.8 Å². The second-order valence-corrected chi connectivity index (χ2v) is 8.58. The summed E-state index contributed by atoms with van der Waals surface area (Å²) < 4.78 is 19.2. The number of carbonyl (C=O) groups is 1. The zero-order chi connectivity index (χ0) is 26.7. The molecule has 12 heteroatoms. The van der Waals surface area contributed by atoms with E-state index in [9.17, 15) is 18.8 Å². The van der Waals surface area contributed by atoms with Crippen molar-refractivity contribution in [1.82, 2.24) is 19.7 Å². The number of benzene rings is 2. The third kappa shape index (κ3) is 5.18. The van der Waals surface area contributed by atoms with Crippen molar-refractivity contribution in [3.63, 3.8) is 0 Å². The van der Waals surface area contributed by atoms with Crippen molar-refractivity contribution in [2.45, 2.75) is 13.3 Å². The molecule has 188 valence electrons. The lowest BCUT2D eigenvalue weighted by Crippen LogP contribution is -2.36. The predicted octanol–water partition coefficient (Wildman–Crippen LogP) is 4.32. The molecule has 2 heterocycles. The highest BCUT2D eigenvalue weighted by molar-refractivity contribution is 6.37. The van der Waals surface area contributed by atoms with Gasteiger partial charge in [-0.15, -0.1) is 5.10 Å². The summed E-state index contributed by atoms with van der Waals surface area (Å²) in [5.41, 5.74) is -0.304. The fraction of sp³-hybridized carbons (Fsp3) is 0.160. The van der Waals surface area contributed by atoms with Crippen LogP contribution in [0, 0.1) is 11.3 Å². The molecule has 4 rings (SSSR count). The van der Waals surface area contributed by atoms with Gasteiger partial charge in [0.1, 0.15) is 18.5 Å². The number of carbonyl (C=O) groups excluding carboxylic acids is 1. The van der Waals surface area contributed by atoms with E-state index in [0.717, 1.165) is 10.2 Å². The highest BCUT2D eigenvalue weighted by atomic mass is 35.5. The largest absolute Gasteiger partial charge is 0.454 e. The summed E-state index contributed by atoms with van der Waals surface area (Å²) in [6.45, 7) is 1.57. The average molecular weight is 542 g/mol. The van der Waals surface area contributed by atoms with Crippen LogP contribution in [0.5, 0.6) is 11.5 Å². The standard InChI is InChI=1S/C25H18Cl2FN5O4/c1-2-15(4-3-8-28)32-9-7-14-10-17(5-6-18(14)24(32)35)37-22-19(26)11-16(12-20(22)27)33-25(36)30-23(34)21(13-29)31-33/h2-6,10-12H,7-9H2,1H3,(H,30,34,36)/b4-3-,15-2+. The van der Waals surface area contributed by atoms with E-state index in [-0.39, 0.29) is 27.4 Å². The topological polar surface area (TPSA) is 121 Å². The van der Waals surface area contributed by atoms with Crippen LogP contribution in [0.2, 0.25) is 10.0 Å². The second kappa shape index (κ2) is 10.8. The van der Waals surface area contributed by atoms with Crippen molar-refractivity contribution >= 4 is 29.1 Å². The Morgan fingerprint density at radius 1 is 1.24 bits per heavy atom. The van der Waals surface area contributed by atoms with Crippen molar-refractivity contribution in [1.29, 1.82) is 5.26 Å². The van der Waals surface area contributed by atoms with E-state index in [1.54, 1.807) is 48.2 Å². The van der Waals surface area contributed by atoms with E-state index in [2.05, 4.69) is 5.10 Å². The smallest absolute Gasteiger partial charge is 0.349 e. The lowest BCUT2D eigenvalue weighted by atomic mass is 9.98. The molecule has 0 aliphatic carbocycles. The van der Waals surface area contributed by atoms with Gasteiger partial charge in [0.2, 0.25) is 5.69 Å². The number of halogens is 3. The molecular weight excluding hydrogens is 524 g/mol. The number of amides is 1. The molecule has 1 aliphatic heterocycles. The number of aromatic amines is 1. The number of hydrogen-bond acceptors (Lipinski definition) is 6. The molecule has 1 aliphatic rings. The van der Waals surface area contributed by atoms with E-state index in [1.165, 1.54) is 18.2 Å². The highest BCUT2D eigenvalue weighted by Crippen LogP contribution is 2.39. The lowest BCUT2D eigenvalue weighted by Gasteiger charge is -2.29. The molecule has 0 radical (unpaired) electrons. The van der Waals surface area contributed by atoms with Crippen LogP contribution in [0.1, 0.15) is 28.5 Å². The van der Waals surface area contributed by atoms with Crippen LogP contribution in [-0.2, 0) is 6.42 Å². The fourth-order valence-electron chi connectivity index (χ4n) is 3.81. The molecule has 0 unspecified atom stereocenters. The van der Waals surface area contributed by atoms with E-state index in [0.29, 0.717) is 30.0 Å². The first kappa shape index (κ1) is 25.9. The number of aromatic nitrogens is 3. The van der Waals surface area contributed by atoms with Crippen LogP contribution in [0.3, 0.4) is 0 Å². The van der Waals surface area contributed by atoms with Gasteiger partial charge < -0.3 is 9.64 Å². The number of nitrogens with zero attached hydrogens (tertiary/aromatic N) is 4. The minimum absolute atomic E-state index is 0.0401. The number of ether oxygens (including phenoxy) is 1. The van der Waals surface area contributed by atoms with Gasteiger partial charge in [-0.1, -0.05) is 35.4 Å². The lowest BCUT2D eigenvalue weighted by molar-refractivity contribution is 0.0796. The van der Waals surface area contributed by atoms with E-state index in [4.69, 9.17) is 33.2 Å². The number of nitrogens with one attached hydrogen (secondary N) is 1. The van der Waals surface area contributed by atoms with Crippen molar-refractivity contribution in [2.24, 2.45) is 0 Å². The third-order valence-corrected chi connectivity index (χ3v) is 6.08. The van der Waals surface area contributed by atoms with Crippen molar-refractivity contribution < 1.29 is 13.9 Å². The van der Waals surface area contributed by atoms with Gasteiger partial charge in [0.15, 0.2) is 5.75 Å². The van der Waals surface area contributed by atoms with Gasteiger partial charge in [-0.2, -0.15) is 9.94 Å². The van der Waals surface area contributed by atoms with Gasteiger partial charge in [0.25, 0.3) is 11.5 Å². The molecule has 0 atom stereocenters.